The Balaban J connectivity index is 1.55. The third-order valence-corrected chi connectivity index (χ3v) is 7.44. The minimum Gasteiger partial charge on any atom is -0.351 e. The SMILES string of the molecule is CC(C)(C)c1ccc(C(Cc2ccc(C(=O)NCCS(=O)(=O)O)cc2)C(=O)Nc2nc3ccc(Cl)cc3[nH]2)cc1. The van der Waals surface area contributed by atoms with Gasteiger partial charge in [0.15, 0.2) is 0 Å². The lowest BCUT2D eigenvalue weighted by molar-refractivity contribution is -0.117. The van der Waals surface area contributed by atoms with E-state index in [1.54, 1.807) is 42.5 Å². The molecule has 0 fully saturated rings. The Morgan fingerprint density at radius 2 is 1.70 bits per heavy atom. The van der Waals surface area contributed by atoms with E-state index in [9.17, 15) is 18.0 Å². The van der Waals surface area contributed by atoms with Crippen molar-refractivity contribution >= 4 is 50.5 Å². The largest absolute Gasteiger partial charge is 0.351 e. The van der Waals surface area contributed by atoms with Gasteiger partial charge in [0.25, 0.3) is 16.0 Å². The number of aromatic amines is 1. The molecule has 9 nitrogen and oxygen atoms in total. The summed E-state index contributed by atoms with van der Waals surface area (Å²) in [5.74, 6) is -1.52. The summed E-state index contributed by atoms with van der Waals surface area (Å²) in [5, 5.41) is 5.91. The molecule has 40 heavy (non-hydrogen) atoms. The van der Waals surface area contributed by atoms with Gasteiger partial charge in [-0.05, 0) is 58.9 Å². The normalized spacial score (nSPS) is 12.7. The summed E-state index contributed by atoms with van der Waals surface area (Å²) in [4.78, 5) is 33.5. The average Bonchev–Trinajstić information content (AvgIpc) is 3.27. The van der Waals surface area contributed by atoms with Crippen LogP contribution in [0.2, 0.25) is 5.02 Å². The number of anilines is 1. The summed E-state index contributed by atoms with van der Waals surface area (Å²) in [6, 6.07) is 19.9. The highest BCUT2D eigenvalue weighted by Crippen LogP contribution is 2.28. The van der Waals surface area contributed by atoms with E-state index in [4.69, 9.17) is 16.2 Å². The maximum atomic E-state index is 13.6. The number of benzene rings is 3. The molecule has 0 aliphatic carbocycles. The molecule has 4 N–H and O–H groups in total. The van der Waals surface area contributed by atoms with Crippen LogP contribution >= 0.6 is 11.6 Å². The highest BCUT2D eigenvalue weighted by Gasteiger charge is 2.24. The maximum Gasteiger partial charge on any atom is 0.266 e. The second kappa shape index (κ2) is 11.8. The van der Waals surface area contributed by atoms with E-state index in [-0.39, 0.29) is 17.9 Å². The first-order chi connectivity index (χ1) is 18.8. The van der Waals surface area contributed by atoms with Crippen molar-refractivity contribution in [1.29, 1.82) is 0 Å². The third kappa shape index (κ3) is 7.68. The van der Waals surface area contributed by atoms with Gasteiger partial charge in [0.1, 0.15) is 0 Å². The first-order valence-corrected chi connectivity index (χ1v) is 14.7. The summed E-state index contributed by atoms with van der Waals surface area (Å²) >= 11 is 6.08. The molecule has 3 aromatic carbocycles. The molecule has 4 aromatic rings. The van der Waals surface area contributed by atoms with Crippen LogP contribution in [0.4, 0.5) is 5.95 Å². The average molecular weight is 583 g/mol. The topological polar surface area (TPSA) is 141 Å². The van der Waals surface area contributed by atoms with E-state index in [0.29, 0.717) is 34.0 Å². The summed E-state index contributed by atoms with van der Waals surface area (Å²) in [5.41, 5.74) is 4.48. The van der Waals surface area contributed by atoms with Gasteiger partial charge in [0.2, 0.25) is 11.9 Å². The Labute approximate surface area is 238 Å². The number of nitrogens with one attached hydrogen (secondary N) is 3. The highest BCUT2D eigenvalue weighted by atomic mass is 35.5. The molecule has 1 unspecified atom stereocenters. The van der Waals surface area contributed by atoms with Crippen molar-refractivity contribution in [3.05, 3.63) is 94.0 Å². The van der Waals surface area contributed by atoms with Crippen LogP contribution in [0.3, 0.4) is 0 Å². The number of nitrogens with zero attached hydrogens (tertiary/aromatic N) is 1. The van der Waals surface area contributed by atoms with E-state index in [2.05, 4.69) is 41.4 Å². The van der Waals surface area contributed by atoms with Crippen molar-refractivity contribution in [1.82, 2.24) is 15.3 Å². The Kier molecular flexibility index (Phi) is 8.62. The van der Waals surface area contributed by atoms with E-state index in [0.717, 1.165) is 16.7 Å². The van der Waals surface area contributed by atoms with E-state index < -0.39 is 27.7 Å². The molecule has 4 rings (SSSR count). The third-order valence-electron chi connectivity index (χ3n) is 6.48. The Morgan fingerprint density at radius 3 is 2.33 bits per heavy atom. The number of amides is 2. The van der Waals surface area contributed by atoms with Crippen LogP contribution in [0.1, 0.15) is 53.7 Å². The van der Waals surface area contributed by atoms with Gasteiger partial charge in [-0.25, -0.2) is 4.98 Å². The molecule has 0 aliphatic rings. The zero-order valence-electron chi connectivity index (χ0n) is 22.4. The fourth-order valence-electron chi connectivity index (χ4n) is 4.25. The molecule has 0 spiro atoms. The van der Waals surface area contributed by atoms with Crippen LogP contribution < -0.4 is 10.6 Å². The van der Waals surface area contributed by atoms with Gasteiger partial charge in [-0.3, -0.25) is 19.5 Å². The number of hydrogen-bond donors (Lipinski definition) is 4. The van der Waals surface area contributed by atoms with Gasteiger partial charge in [-0.15, -0.1) is 0 Å². The standard InChI is InChI=1S/C29H31ClN4O5S/c1-29(2,3)21-10-8-19(9-11-21)23(27(36)34-28-32-24-13-12-22(30)17-25(24)33-28)16-18-4-6-20(7-5-18)26(35)31-14-15-40(37,38)39/h4-13,17,23H,14-16H2,1-3H3,(H,31,35)(H,37,38,39)(H2,32,33,34,36). The molecule has 1 atom stereocenters. The lowest BCUT2D eigenvalue weighted by Crippen LogP contribution is -2.28. The second-order valence-electron chi connectivity index (χ2n) is 10.6. The van der Waals surface area contributed by atoms with Crippen LogP contribution in [0.15, 0.2) is 66.7 Å². The zero-order chi connectivity index (χ0) is 29.1. The lowest BCUT2D eigenvalue weighted by Gasteiger charge is -2.21. The number of H-pyrrole nitrogens is 1. The first kappa shape index (κ1) is 29.3. The van der Waals surface area contributed by atoms with Crippen LogP contribution in [0.5, 0.6) is 0 Å². The number of rotatable bonds is 9. The van der Waals surface area contributed by atoms with E-state index in [1.165, 1.54) is 0 Å². The fraction of sp³-hybridized carbons (Fsp3) is 0.276. The van der Waals surface area contributed by atoms with Gasteiger partial charge >= 0.3 is 0 Å². The van der Waals surface area contributed by atoms with Crippen molar-refractivity contribution in [3.63, 3.8) is 0 Å². The molecule has 210 valence electrons. The monoisotopic (exact) mass is 582 g/mol. The Morgan fingerprint density at radius 1 is 1.02 bits per heavy atom. The lowest BCUT2D eigenvalue weighted by atomic mass is 9.84. The summed E-state index contributed by atoms with van der Waals surface area (Å²) in [6.07, 6.45) is 0.359. The zero-order valence-corrected chi connectivity index (χ0v) is 23.9. The molecule has 1 aromatic heterocycles. The fourth-order valence-corrected chi connectivity index (χ4v) is 4.78. The van der Waals surface area contributed by atoms with E-state index in [1.807, 2.05) is 24.3 Å². The maximum absolute atomic E-state index is 13.6. The number of fused-ring (bicyclic) bond motifs is 1. The van der Waals surface area contributed by atoms with Crippen molar-refractivity contribution in [2.45, 2.75) is 38.5 Å². The van der Waals surface area contributed by atoms with Crippen LogP contribution in [0, 0.1) is 0 Å². The van der Waals surface area contributed by atoms with Gasteiger partial charge in [0, 0.05) is 17.1 Å². The summed E-state index contributed by atoms with van der Waals surface area (Å²) in [7, 11) is -4.17. The van der Waals surface area contributed by atoms with Crippen LogP contribution in [-0.2, 0) is 26.7 Å². The molecule has 11 heteroatoms. The quantitative estimate of drug-likeness (QED) is 0.202. The molecule has 0 saturated heterocycles. The first-order valence-electron chi connectivity index (χ1n) is 12.7. The molecule has 0 saturated carbocycles. The predicted molar refractivity (Wildman–Crippen MR) is 157 cm³/mol. The predicted octanol–water partition coefficient (Wildman–Crippen LogP) is 5.10. The van der Waals surface area contributed by atoms with Crippen molar-refractivity contribution in [2.75, 3.05) is 17.6 Å². The number of aromatic nitrogens is 2. The minimum atomic E-state index is -4.17. The molecule has 0 aliphatic heterocycles. The number of imidazole rings is 1. The molecular formula is C29H31ClN4O5S. The van der Waals surface area contributed by atoms with Gasteiger partial charge < -0.3 is 10.3 Å². The van der Waals surface area contributed by atoms with Crippen LogP contribution in [-0.4, -0.2) is 47.1 Å². The number of carbonyl (C=O) groups excluding carboxylic acids is 2. The molecule has 0 radical (unpaired) electrons. The van der Waals surface area contributed by atoms with Crippen molar-refractivity contribution < 1.29 is 22.6 Å². The van der Waals surface area contributed by atoms with Gasteiger partial charge in [0.05, 0.1) is 22.7 Å². The summed E-state index contributed by atoms with van der Waals surface area (Å²) in [6.45, 7) is 6.17. The number of halogens is 1. The number of carbonyl (C=O) groups is 2. The second-order valence-corrected chi connectivity index (χ2v) is 12.6. The van der Waals surface area contributed by atoms with Crippen molar-refractivity contribution in [3.8, 4) is 0 Å². The molecule has 1 heterocycles. The molecule has 2 amide bonds. The van der Waals surface area contributed by atoms with Crippen LogP contribution in [0.25, 0.3) is 11.0 Å². The van der Waals surface area contributed by atoms with Crippen molar-refractivity contribution in [2.24, 2.45) is 0 Å². The van der Waals surface area contributed by atoms with E-state index >= 15 is 0 Å². The number of hydrogen-bond acceptors (Lipinski definition) is 5. The minimum absolute atomic E-state index is 0.0381. The van der Waals surface area contributed by atoms with Gasteiger partial charge in [-0.2, -0.15) is 8.42 Å². The Bertz CT molecular complexity index is 1630. The summed E-state index contributed by atoms with van der Waals surface area (Å²) < 4.78 is 30.6. The molecular weight excluding hydrogens is 552 g/mol. The smallest absolute Gasteiger partial charge is 0.266 e. The van der Waals surface area contributed by atoms with Gasteiger partial charge in [-0.1, -0.05) is 68.8 Å². The Hall–Kier alpha value is -3.73. The molecule has 0 bridgehead atoms. The highest BCUT2D eigenvalue weighted by molar-refractivity contribution is 7.85.